The Hall–Kier alpha value is -0.570. The average Bonchev–Trinajstić information content (AvgIpc) is 3.07. The summed E-state index contributed by atoms with van der Waals surface area (Å²) in [6.45, 7) is 0. The highest BCUT2D eigenvalue weighted by Gasteiger charge is 2.50. The largest absolute Gasteiger partial charge is 0.353 e. The molecule has 0 aliphatic heterocycles. The van der Waals surface area contributed by atoms with Crippen LogP contribution < -0.4 is 11.1 Å². The van der Waals surface area contributed by atoms with Crippen LogP contribution in [0, 0.1) is 29.6 Å². The Bertz CT molecular complexity index is 368. The number of nitrogens with two attached hydrogens (primary N) is 1. The van der Waals surface area contributed by atoms with Gasteiger partial charge in [-0.3, -0.25) is 4.79 Å². The number of rotatable bonds is 2. The smallest absolute Gasteiger partial charge is 0.225 e. The maximum Gasteiger partial charge on any atom is 0.225 e. The Morgan fingerprint density at radius 1 is 0.944 bits per heavy atom. The Kier molecular flexibility index (Phi) is 2.48. The van der Waals surface area contributed by atoms with Crippen molar-refractivity contribution in [2.75, 3.05) is 0 Å². The summed E-state index contributed by atoms with van der Waals surface area (Å²) in [5.41, 5.74) is 6.25. The molecule has 3 nitrogen and oxygen atoms in total. The minimum absolute atomic E-state index is 0.128. The first-order valence-corrected chi connectivity index (χ1v) is 7.78. The average molecular weight is 248 g/mol. The Labute approximate surface area is 109 Å². The molecule has 0 aromatic heterocycles. The third-order valence-corrected chi connectivity index (χ3v) is 6.35. The Morgan fingerprint density at radius 3 is 2.33 bits per heavy atom. The van der Waals surface area contributed by atoms with E-state index in [1.807, 2.05) is 0 Å². The summed E-state index contributed by atoms with van der Waals surface area (Å²) >= 11 is 0. The Balaban J connectivity index is 1.42. The van der Waals surface area contributed by atoms with Gasteiger partial charge in [0.15, 0.2) is 0 Å². The van der Waals surface area contributed by atoms with Crippen molar-refractivity contribution in [3.63, 3.8) is 0 Å². The van der Waals surface area contributed by atoms with Gasteiger partial charge in [-0.15, -0.1) is 0 Å². The van der Waals surface area contributed by atoms with E-state index in [0.717, 1.165) is 11.8 Å². The van der Waals surface area contributed by atoms with Gasteiger partial charge in [0.25, 0.3) is 0 Å². The van der Waals surface area contributed by atoms with Crippen LogP contribution in [0.5, 0.6) is 0 Å². The molecular weight excluding hydrogens is 224 g/mol. The van der Waals surface area contributed by atoms with Gasteiger partial charge in [0.2, 0.25) is 5.91 Å². The van der Waals surface area contributed by atoms with Crippen molar-refractivity contribution in [2.24, 2.45) is 35.3 Å². The summed E-state index contributed by atoms with van der Waals surface area (Å²) in [7, 11) is 0. The maximum absolute atomic E-state index is 12.5. The van der Waals surface area contributed by atoms with Crippen molar-refractivity contribution in [1.82, 2.24) is 5.32 Å². The van der Waals surface area contributed by atoms with Gasteiger partial charge >= 0.3 is 0 Å². The number of fused-ring (bicyclic) bond motifs is 4. The van der Waals surface area contributed by atoms with Crippen molar-refractivity contribution in [1.29, 1.82) is 0 Å². The highest BCUT2D eigenvalue weighted by Crippen LogP contribution is 2.48. The molecular formula is C15H24N2O. The number of nitrogens with one attached hydrogen (secondary N) is 1. The molecule has 100 valence electrons. The van der Waals surface area contributed by atoms with Gasteiger partial charge in [-0.25, -0.2) is 0 Å². The molecule has 0 spiro atoms. The molecule has 3 N–H and O–H groups in total. The third kappa shape index (κ3) is 1.56. The van der Waals surface area contributed by atoms with E-state index in [2.05, 4.69) is 5.32 Å². The second-order valence-corrected chi connectivity index (χ2v) is 7.23. The van der Waals surface area contributed by atoms with Crippen molar-refractivity contribution >= 4 is 5.91 Å². The molecule has 4 bridgehead atoms. The quantitative estimate of drug-likeness (QED) is 0.781. The van der Waals surface area contributed by atoms with Crippen LogP contribution in [0.3, 0.4) is 0 Å². The SMILES string of the molecule is NC1C2CCC(C2)C1C(=O)NC1CC2CCC1C2. The fourth-order valence-electron chi connectivity index (χ4n) is 5.43. The first kappa shape index (κ1) is 11.3. The van der Waals surface area contributed by atoms with Gasteiger partial charge < -0.3 is 11.1 Å². The van der Waals surface area contributed by atoms with Gasteiger partial charge in [-0.1, -0.05) is 6.42 Å². The van der Waals surface area contributed by atoms with Crippen LogP contribution in [0.4, 0.5) is 0 Å². The molecule has 4 rings (SSSR count). The molecule has 4 saturated carbocycles. The molecule has 0 heterocycles. The lowest BCUT2D eigenvalue weighted by atomic mass is 9.83. The van der Waals surface area contributed by atoms with Gasteiger partial charge in [0.1, 0.15) is 0 Å². The number of carbonyl (C=O) groups excluding carboxylic acids is 1. The molecule has 18 heavy (non-hydrogen) atoms. The first-order valence-electron chi connectivity index (χ1n) is 7.78. The minimum atomic E-state index is 0.128. The number of hydrogen-bond acceptors (Lipinski definition) is 2. The predicted octanol–water partition coefficient (Wildman–Crippen LogP) is 1.66. The molecule has 0 aromatic carbocycles. The number of hydrogen-bond donors (Lipinski definition) is 2. The highest BCUT2D eigenvalue weighted by molar-refractivity contribution is 5.80. The van der Waals surface area contributed by atoms with Gasteiger partial charge in [0.05, 0.1) is 5.92 Å². The second kappa shape index (κ2) is 3.96. The van der Waals surface area contributed by atoms with Crippen molar-refractivity contribution < 1.29 is 4.79 Å². The van der Waals surface area contributed by atoms with Crippen molar-refractivity contribution in [3.05, 3.63) is 0 Å². The van der Waals surface area contributed by atoms with E-state index in [9.17, 15) is 4.79 Å². The van der Waals surface area contributed by atoms with Crippen LogP contribution in [0.1, 0.15) is 44.9 Å². The molecule has 7 atom stereocenters. The summed E-state index contributed by atoms with van der Waals surface area (Å²) in [5.74, 6) is 3.30. The van der Waals surface area contributed by atoms with Crippen LogP contribution in [0.25, 0.3) is 0 Å². The topological polar surface area (TPSA) is 55.1 Å². The minimum Gasteiger partial charge on any atom is -0.353 e. The zero-order valence-corrected chi connectivity index (χ0v) is 11.0. The maximum atomic E-state index is 12.5. The van der Waals surface area contributed by atoms with Gasteiger partial charge in [-0.05, 0) is 62.2 Å². The molecule has 0 saturated heterocycles. The monoisotopic (exact) mass is 248 g/mol. The van der Waals surface area contributed by atoms with Gasteiger partial charge in [0, 0.05) is 12.1 Å². The summed E-state index contributed by atoms with van der Waals surface area (Å²) in [6.07, 6.45) is 9.00. The highest BCUT2D eigenvalue weighted by atomic mass is 16.2. The standard InChI is InChI=1S/C15H24N2O/c16-14-11-4-3-10(7-11)13(14)15(18)17-12-6-8-1-2-9(12)5-8/h8-14H,1-7,16H2,(H,17,18). The van der Waals surface area contributed by atoms with Crippen LogP contribution >= 0.6 is 0 Å². The normalized spacial score (nSPS) is 53.1. The molecule has 0 aromatic rings. The van der Waals surface area contributed by atoms with E-state index in [1.165, 1.54) is 44.9 Å². The first-order chi connectivity index (χ1) is 8.72. The summed E-state index contributed by atoms with van der Waals surface area (Å²) in [6, 6.07) is 0.616. The summed E-state index contributed by atoms with van der Waals surface area (Å²) in [5, 5.41) is 3.35. The fraction of sp³-hybridized carbons (Fsp3) is 0.933. The molecule has 3 heteroatoms. The van der Waals surface area contributed by atoms with Crippen molar-refractivity contribution in [2.45, 2.75) is 57.0 Å². The molecule has 0 radical (unpaired) electrons. The van der Waals surface area contributed by atoms with Crippen LogP contribution in [-0.4, -0.2) is 18.0 Å². The van der Waals surface area contributed by atoms with E-state index in [-0.39, 0.29) is 17.9 Å². The van der Waals surface area contributed by atoms with E-state index >= 15 is 0 Å². The van der Waals surface area contributed by atoms with Crippen molar-refractivity contribution in [3.8, 4) is 0 Å². The number of amides is 1. The molecule has 4 fully saturated rings. The van der Waals surface area contributed by atoms with E-state index < -0.39 is 0 Å². The van der Waals surface area contributed by atoms with Crippen LogP contribution in [0.2, 0.25) is 0 Å². The summed E-state index contributed by atoms with van der Waals surface area (Å²) < 4.78 is 0. The Morgan fingerprint density at radius 2 is 1.72 bits per heavy atom. The van der Waals surface area contributed by atoms with E-state index in [0.29, 0.717) is 17.9 Å². The summed E-state index contributed by atoms with van der Waals surface area (Å²) in [4.78, 5) is 12.5. The van der Waals surface area contributed by atoms with E-state index in [1.54, 1.807) is 0 Å². The molecule has 4 aliphatic carbocycles. The molecule has 4 aliphatic rings. The molecule has 7 unspecified atom stereocenters. The predicted molar refractivity (Wildman–Crippen MR) is 69.7 cm³/mol. The van der Waals surface area contributed by atoms with E-state index in [4.69, 9.17) is 5.73 Å². The van der Waals surface area contributed by atoms with Gasteiger partial charge in [-0.2, -0.15) is 0 Å². The van der Waals surface area contributed by atoms with Crippen LogP contribution in [0.15, 0.2) is 0 Å². The van der Waals surface area contributed by atoms with Crippen LogP contribution in [-0.2, 0) is 4.79 Å². The zero-order valence-electron chi connectivity index (χ0n) is 11.0. The lowest BCUT2D eigenvalue weighted by Gasteiger charge is -2.30. The zero-order chi connectivity index (χ0) is 12.3. The number of carbonyl (C=O) groups is 1. The molecule has 1 amide bonds. The lowest BCUT2D eigenvalue weighted by molar-refractivity contribution is -0.128. The third-order valence-electron chi connectivity index (χ3n) is 6.35. The second-order valence-electron chi connectivity index (χ2n) is 7.23. The fourth-order valence-corrected chi connectivity index (χ4v) is 5.43. The lowest BCUT2D eigenvalue weighted by Crippen LogP contribution is -2.49.